The maximum absolute atomic E-state index is 5.05. The molecule has 0 fully saturated rings. The standard InChI is InChI=1S/C36H45NSSi2/c1-10-40(11-2,12-3)28-19-17-25(18-20-28)33-35(39(7,8)9)30-21-22-37-32(34(30)38-33)27-23-26-15-13-14-16-29(26)31(24-27)36(4,5)6/h13-24H,10-12H2,1-9H3. The van der Waals surface area contributed by atoms with Gasteiger partial charge in [0.1, 0.15) is 0 Å². The van der Waals surface area contributed by atoms with Crippen LogP contribution in [0.15, 0.2) is 72.9 Å². The molecule has 0 amide bonds. The number of hydrogen-bond acceptors (Lipinski definition) is 2. The maximum atomic E-state index is 5.05. The van der Waals surface area contributed by atoms with E-state index in [9.17, 15) is 0 Å². The third-order valence-corrected chi connectivity index (χ3v) is 18.2. The van der Waals surface area contributed by atoms with Gasteiger partial charge in [0.15, 0.2) is 0 Å². The average molecular weight is 580 g/mol. The van der Waals surface area contributed by atoms with Gasteiger partial charge in [-0.2, -0.15) is 0 Å². The first kappa shape index (κ1) is 29.0. The van der Waals surface area contributed by atoms with Gasteiger partial charge in [-0.05, 0) is 56.1 Å². The van der Waals surface area contributed by atoms with Crippen LogP contribution in [0.2, 0.25) is 37.8 Å². The minimum absolute atomic E-state index is 0.0450. The fourth-order valence-corrected chi connectivity index (χ4v) is 14.4. The summed E-state index contributed by atoms with van der Waals surface area (Å²) in [5, 5.41) is 7.22. The van der Waals surface area contributed by atoms with Crippen LogP contribution in [-0.4, -0.2) is 21.1 Å². The van der Waals surface area contributed by atoms with Gasteiger partial charge in [-0.15, -0.1) is 11.3 Å². The predicted molar refractivity (Wildman–Crippen MR) is 187 cm³/mol. The van der Waals surface area contributed by atoms with Gasteiger partial charge >= 0.3 is 0 Å². The number of nitrogens with zero attached hydrogens (tertiary/aromatic N) is 1. The third kappa shape index (κ3) is 5.04. The minimum Gasteiger partial charge on any atom is -0.255 e. The Bertz CT molecular complexity index is 1650. The van der Waals surface area contributed by atoms with E-state index < -0.39 is 16.1 Å². The van der Waals surface area contributed by atoms with Gasteiger partial charge in [-0.1, -0.05) is 133 Å². The van der Waals surface area contributed by atoms with Gasteiger partial charge in [0.2, 0.25) is 0 Å². The highest BCUT2D eigenvalue weighted by Gasteiger charge is 2.31. The van der Waals surface area contributed by atoms with Crippen LogP contribution in [0, 0.1) is 0 Å². The largest absolute Gasteiger partial charge is 0.255 e. The molecule has 4 heteroatoms. The molecule has 0 aliphatic carbocycles. The van der Waals surface area contributed by atoms with E-state index in [0.29, 0.717) is 0 Å². The number of fused-ring (bicyclic) bond motifs is 2. The highest BCUT2D eigenvalue weighted by atomic mass is 32.1. The zero-order chi connectivity index (χ0) is 28.9. The van der Waals surface area contributed by atoms with E-state index in [-0.39, 0.29) is 5.41 Å². The van der Waals surface area contributed by atoms with E-state index in [1.54, 1.807) is 10.4 Å². The molecule has 0 radical (unpaired) electrons. The van der Waals surface area contributed by atoms with Crippen molar-refractivity contribution in [3.05, 3.63) is 78.5 Å². The molecule has 0 saturated heterocycles. The average Bonchev–Trinajstić information content (AvgIpc) is 3.34. The summed E-state index contributed by atoms with van der Waals surface area (Å²) in [6, 6.07) is 29.6. The van der Waals surface area contributed by atoms with Gasteiger partial charge in [0, 0.05) is 16.6 Å². The van der Waals surface area contributed by atoms with E-state index in [1.165, 1.54) is 60.6 Å². The number of benzene rings is 3. The number of pyridine rings is 1. The summed E-state index contributed by atoms with van der Waals surface area (Å²) >= 11 is 1.96. The minimum atomic E-state index is -1.66. The first-order valence-corrected chi connectivity index (χ1v) is 21.9. The summed E-state index contributed by atoms with van der Waals surface area (Å²) < 4.78 is 1.33. The summed E-state index contributed by atoms with van der Waals surface area (Å²) in [6.07, 6.45) is 2.04. The number of hydrogen-bond donors (Lipinski definition) is 0. The Morgan fingerprint density at radius 2 is 1.40 bits per heavy atom. The first-order valence-electron chi connectivity index (χ1n) is 15.0. The fraction of sp³-hybridized carbons (Fsp3) is 0.361. The Hall–Kier alpha value is -2.54. The zero-order valence-electron chi connectivity index (χ0n) is 25.9. The lowest BCUT2D eigenvalue weighted by atomic mass is 9.82. The molecule has 3 aromatic carbocycles. The van der Waals surface area contributed by atoms with Crippen LogP contribution in [0.5, 0.6) is 0 Å². The molecule has 0 spiro atoms. The van der Waals surface area contributed by atoms with E-state index in [0.717, 1.165) is 5.69 Å². The van der Waals surface area contributed by atoms with Gasteiger partial charge in [-0.3, -0.25) is 4.98 Å². The lowest BCUT2D eigenvalue weighted by Crippen LogP contribution is -2.45. The molecule has 0 aliphatic rings. The summed E-state index contributed by atoms with van der Waals surface area (Å²) in [4.78, 5) is 6.50. The smallest absolute Gasteiger partial charge is 0.0880 e. The zero-order valence-corrected chi connectivity index (χ0v) is 28.7. The van der Waals surface area contributed by atoms with Gasteiger partial charge in [-0.25, -0.2) is 0 Å². The van der Waals surface area contributed by atoms with Crippen molar-refractivity contribution in [1.82, 2.24) is 4.98 Å². The van der Waals surface area contributed by atoms with Gasteiger partial charge < -0.3 is 0 Å². The van der Waals surface area contributed by atoms with Crippen molar-refractivity contribution in [3.63, 3.8) is 0 Å². The molecule has 2 aromatic heterocycles. The molecule has 0 atom stereocenters. The van der Waals surface area contributed by atoms with Crippen LogP contribution in [0.1, 0.15) is 47.1 Å². The second kappa shape index (κ2) is 10.7. The number of aromatic nitrogens is 1. The normalized spacial score (nSPS) is 12.9. The summed E-state index contributed by atoms with van der Waals surface area (Å²) in [5.74, 6) is 0. The Kier molecular flexibility index (Phi) is 7.75. The number of thiophene rings is 1. The third-order valence-electron chi connectivity index (χ3n) is 9.09. The molecule has 0 bridgehead atoms. The summed E-state index contributed by atoms with van der Waals surface area (Å²) in [5.41, 5.74) is 5.14. The van der Waals surface area contributed by atoms with Crippen molar-refractivity contribution < 1.29 is 0 Å². The molecule has 1 nitrogen and oxygen atoms in total. The van der Waals surface area contributed by atoms with Crippen molar-refractivity contribution in [2.24, 2.45) is 0 Å². The highest BCUT2D eigenvalue weighted by Crippen LogP contribution is 2.41. The van der Waals surface area contributed by atoms with Crippen LogP contribution in [0.4, 0.5) is 0 Å². The number of rotatable bonds is 7. The molecule has 208 valence electrons. The van der Waals surface area contributed by atoms with Crippen molar-refractivity contribution in [2.45, 2.75) is 84.7 Å². The molecule has 2 heterocycles. The second-order valence-corrected chi connectivity index (χ2v) is 24.8. The Morgan fingerprint density at radius 3 is 2.00 bits per heavy atom. The molecular formula is C36H45NSSi2. The quantitative estimate of drug-likeness (QED) is 0.175. The Labute approximate surface area is 247 Å². The van der Waals surface area contributed by atoms with Crippen LogP contribution in [-0.2, 0) is 5.41 Å². The van der Waals surface area contributed by atoms with E-state index in [1.807, 2.05) is 17.5 Å². The van der Waals surface area contributed by atoms with Gasteiger partial charge in [0.25, 0.3) is 0 Å². The van der Waals surface area contributed by atoms with Crippen LogP contribution >= 0.6 is 11.3 Å². The molecule has 40 heavy (non-hydrogen) atoms. The predicted octanol–water partition coefficient (Wildman–Crippen LogP) is 10.3. The molecular weight excluding hydrogens is 535 g/mol. The van der Waals surface area contributed by atoms with Crippen LogP contribution in [0.3, 0.4) is 0 Å². The monoisotopic (exact) mass is 579 g/mol. The molecule has 5 rings (SSSR count). The summed E-state index contributed by atoms with van der Waals surface area (Å²) in [6.45, 7) is 21.6. The molecule has 0 aliphatic heterocycles. The van der Waals surface area contributed by atoms with Crippen molar-refractivity contribution in [2.75, 3.05) is 0 Å². The first-order chi connectivity index (χ1) is 18.9. The molecule has 0 unspecified atom stereocenters. The second-order valence-electron chi connectivity index (χ2n) is 13.5. The molecule has 0 saturated carbocycles. The Balaban J connectivity index is 1.74. The topological polar surface area (TPSA) is 12.9 Å². The molecule has 0 N–H and O–H groups in total. The Morgan fingerprint density at radius 1 is 0.750 bits per heavy atom. The highest BCUT2D eigenvalue weighted by molar-refractivity contribution is 7.25. The van der Waals surface area contributed by atoms with E-state index >= 15 is 0 Å². The van der Waals surface area contributed by atoms with Crippen LogP contribution in [0.25, 0.3) is 42.6 Å². The lowest BCUT2D eigenvalue weighted by Gasteiger charge is -2.29. The van der Waals surface area contributed by atoms with Crippen molar-refractivity contribution in [1.29, 1.82) is 0 Å². The SMILES string of the molecule is CC[Si](CC)(CC)c1ccc(-c2sc3c(-c4cc(C(C)(C)C)c5ccccc5c4)nccc3c2[Si](C)(C)C)cc1. The molecule has 5 aromatic rings. The summed E-state index contributed by atoms with van der Waals surface area (Å²) in [7, 11) is -3.05. The maximum Gasteiger partial charge on any atom is 0.0880 e. The van der Waals surface area contributed by atoms with Crippen molar-refractivity contribution in [3.8, 4) is 21.7 Å². The van der Waals surface area contributed by atoms with Gasteiger partial charge in [0.05, 0.1) is 26.5 Å². The van der Waals surface area contributed by atoms with E-state index in [2.05, 4.69) is 128 Å². The fourth-order valence-electron chi connectivity index (χ4n) is 6.58. The van der Waals surface area contributed by atoms with E-state index in [4.69, 9.17) is 4.98 Å². The van der Waals surface area contributed by atoms with Crippen LogP contribution < -0.4 is 10.4 Å². The lowest BCUT2D eigenvalue weighted by molar-refractivity contribution is 0.596. The van der Waals surface area contributed by atoms with Crippen molar-refractivity contribution >= 4 is 58.7 Å².